The molecule has 2 N–H and O–H groups in total. The van der Waals surface area contributed by atoms with Crippen molar-refractivity contribution < 1.29 is 24.2 Å². The van der Waals surface area contributed by atoms with Crippen LogP contribution in [0, 0.1) is 0 Å². The van der Waals surface area contributed by atoms with Crippen molar-refractivity contribution in [1.82, 2.24) is 5.32 Å². The van der Waals surface area contributed by atoms with E-state index in [4.69, 9.17) is 9.84 Å². The van der Waals surface area contributed by atoms with Gasteiger partial charge >= 0.3 is 12.1 Å². The Kier molecular flexibility index (Phi) is 5.94. The Morgan fingerprint density at radius 1 is 1.37 bits per heavy atom. The molecule has 0 radical (unpaired) electrons. The highest BCUT2D eigenvalue weighted by Gasteiger charge is 2.09. The molecular formula is C13H15NO5. The van der Waals surface area contributed by atoms with E-state index in [1.54, 1.807) is 18.2 Å². The number of carbonyl (C=O) groups is 2. The van der Waals surface area contributed by atoms with Gasteiger partial charge in [0.05, 0.1) is 6.54 Å². The largest absolute Gasteiger partial charge is 0.491 e. The molecule has 0 unspecified atom stereocenters. The lowest BCUT2D eigenvalue weighted by Crippen LogP contribution is -2.28. The first kappa shape index (κ1) is 14.6. The highest BCUT2D eigenvalue weighted by atomic mass is 16.5. The molecule has 1 aromatic carbocycles. The molecule has 1 aromatic rings. The number of aromatic carboxylic acids is 1. The molecule has 1 rings (SSSR count). The topological polar surface area (TPSA) is 84.9 Å². The third kappa shape index (κ3) is 5.12. The minimum absolute atomic E-state index is 0.0803. The molecule has 0 heterocycles. The maximum Gasteiger partial charge on any atom is 0.407 e. The highest BCUT2D eigenvalue weighted by Crippen LogP contribution is 2.17. The lowest BCUT2D eigenvalue weighted by molar-refractivity contribution is 0.0692. The zero-order chi connectivity index (χ0) is 14.1. The van der Waals surface area contributed by atoms with E-state index in [-0.39, 0.29) is 31.1 Å². The van der Waals surface area contributed by atoms with Gasteiger partial charge in [0.15, 0.2) is 0 Å². The maximum atomic E-state index is 11.1. The Morgan fingerprint density at radius 3 is 2.79 bits per heavy atom. The molecule has 0 bridgehead atoms. The minimum Gasteiger partial charge on any atom is -0.491 e. The number of hydrogen-bond acceptors (Lipinski definition) is 4. The van der Waals surface area contributed by atoms with Gasteiger partial charge in [0.25, 0.3) is 0 Å². The van der Waals surface area contributed by atoms with Crippen molar-refractivity contribution in [1.29, 1.82) is 0 Å². The Hall–Kier alpha value is -2.50. The summed E-state index contributed by atoms with van der Waals surface area (Å²) in [6.07, 6.45) is 0.883. The van der Waals surface area contributed by atoms with E-state index in [0.717, 1.165) is 0 Å². The lowest BCUT2D eigenvalue weighted by atomic mass is 10.2. The summed E-state index contributed by atoms with van der Waals surface area (Å²) in [5.41, 5.74) is 0.0803. The van der Waals surface area contributed by atoms with E-state index in [9.17, 15) is 9.59 Å². The zero-order valence-electron chi connectivity index (χ0n) is 10.3. The normalized spacial score (nSPS) is 9.47. The molecule has 0 aromatic heterocycles. The number of nitrogens with one attached hydrogen (secondary N) is 1. The smallest absolute Gasteiger partial charge is 0.407 e. The number of benzene rings is 1. The van der Waals surface area contributed by atoms with Crippen molar-refractivity contribution >= 4 is 12.1 Å². The number of para-hydroxylation sites is 1. The van der Waals surface area contributed by atoms with Crippen LogP contribution < -0.4 is 10.1 Å². The number of carboxylic acids is 1. The molecule has 0 atom stereocenters. The van der Waals surface area contributed by atoms with Crippen LogP contribution in [-0.4, -0.2) is 36.9 Å². The third-order valence-electron chi connectivity index (χ3n) is 2.08. The molecule has 0 aliphatic heterocycles. The molecule has 6 nitrogen and oxygen atoms in total. The van der Waals surface area contributed by atoms with E-state index in [1.165, 1.54) is 12.1 Å². The summed E-state index contributed by atoms with van der Waals surface area (Å²) in [6, 6.07) is 6.29. The second kappa shape index (κ2) is 7.75. The van der Waals surface area contributed by atoms with Crippen molar-refractivity contribution in [3.8, 4) is 5.75 Å². The number of carboxylic acid groups (broad SMARTS) is 1. The van der Waals surface area contributed by atoms with Gasteiger partial charge in [0.2, 0.25) is 0 Å². The highest BCUT2D eigenvalue weighted by molar-refractivity contribution is 5.90. The van der Waals surface area contributed by atoms with E-state index in [2.05, 4.69) is 16.6 Å². The summed E-state index contributed by atoms with van der Waals surface area (Å²) in [7, 11) is 0. The number of alkyl carbamates (subject to hydrolysis) is 1. The molecule has 0 saturated carbocycles. The Labute approximate surface area is 110 Å². The van der Waals surface area contributed by atoms with Crippen molar-refractivity contribution in [2.24, 2.45) is 0 Å². The zero-order valence-corrected chi connectivity index (χ0v) is 10.3. The van der Waals surface area contributed by atoms with Crippen molar-refractivity contribution in [2.45, 2.75) is 0 Å². The van der Waals surface area contributed by atoms with Gasteiger partial charge in [0, 0.05) is 0 Å². The Bertz CT molecular complexity index is 458. The van der Waals surface area contributed by atoms with E-state index in [1.807, 2.05) is 0 Å². The Morgan fingerprint density at radius 2 is 2.11 bits per heavy atom. The molecule has 0 fully saturated rings. The SMILES string of the molecule is C=CCOC(=O)NCCOc1ccccc1C(=O)O. The summed E-state index contributed by atoms with van der Waals surface area (Å²) >= 11 is 0. The summed E-state index contributed by atoms with van der Waals surface area (Å²) in [6.45, 7) is 3.90. The van der Waals surface area contributed by atoms with Crippen LogP contribution in [0.1, 0.15) is 10.4 Å². The van der Waals surface area contributed by atoms with Gasteiger partial charge in [-0.05, 0) is 12.1 Å². The van der Waals surface area contributed by atoms with Crippen LogP contribution in [0.5, 0.6) is 5.75 Å². The van der Waals surface area contributed by atoms with Crippen LogP contribution >= 0.6 is 0 Å². The van der Waals surface area contributed by atoms with E-state index < -0.39 is 12.1 Å². The van der Waals surface area contributed by atoms with Crippen LogP contribution in [0.25, 0.3) is 0 Å². The van der Waals surface area contributed by atoms with Gasteiger partial charge in [-0.1, -0.05) is 24.8 Å². The van der Waals surface area contributed by atoms with Crippen LogP contribution in [0.3, 0.4) is 0 Å². The van der Waals surface area contributed by atoms with Crippen LogP contribution in [0.15, 0.2) is 36.9 Å². The number of ether oxygens (including phenoxy) is 2. The van der Waals surface area contributed by atoms with Gasteiger partial charge in [-0.3, -0.25) is 0 Å². The van der Waals surface area contributed by atoms with Crippen LogP contribution in [0.2, 0.25) is 0 Å². The van der Waals surface area contributed by atoms with E-state index in [0.29, 0.717) is 0 Å². The van der Waals surface area contributed by atoms with Gasteiger partial charge in [-0.25, -0.2) is 9.59 Å². The fourth-order valence-corrected chi connectivity index (χ4v) is 1.27. The number of amides is 1. The molecule has 0 spiro atoms. The van der Waals surface area contributed by atoms with Crippen molar-refractivity contribution in [2.75, 3.05) is 19.8 Å². The molecule has 0 aliphatic rings. The molecule has 6 heteroatoms. The second-order valence-corrected chi connectivity index (χ2v) is 3.46. The quantitative estimate of drug-likeness (QED) is 0.578. The van der Waals surface area contributed by atoms with Gasteiger partial charge in [0.1, 0.15) is 24.5 Å². The monoisotopic (exact) mass is 265 g/mol. The third-order valence-corrected chi connectivity index (χ3v) is 2.08. The summed E-state index contributed by atoms with van der Waals surface area (Å²) in [5.74, 6) is -0.801. The fraction of sp³-hybridized carbons (Fsp3) is 0.231. The average molecular weight is 265 g/mol. The first-order chi connectivity index (χ1) is 9.15. The summed E-state index contributed by atoms with van der Waals surface area (Å²) < 4.78 is 9.97. The number of rotatable bonds is 7. The second-order valence-electron chi connectivity index (χ2n) is 3.46. The molecular weight excluding hydrogens is 250 g/mol. The predicted molar refractivity (Wildman–Crippen MR) is 68.4 cm³/mol. The lowest BCUT2D eigenvalue weighted by Gasteiger charge is -2.09. The van der Waals surface area contributed by atoms with Crippen molar-refractivity contribution in [3.63, 3.8) is 0 Å². The maximum absolute atomic E-state index is 11.1. The minimum atomic E-state index is -1.06. The first-order valence-electron chi connectivity index (χ1n) is 5.61. The first-order valence-corrected chi connectivity index (χ1v) is 5.61. The predicted octanol–water partition coefficient (Wildman–Crippen LogP) is 1.68. The summed E-state index contributed by atoms with van der Waals surface area (Å²) in [5, 5.41) is 11.4. The number of carbonyl (C=O) groups excluding carboxylic acids is 1. The van der Waals surface area contributed by atoms with Gasteiger partial charge in [-0.15, -0.1) is 0 Å². The molecule has 19 heavy (non-hydrogen) atoms. The molecule has 102 valence electrons. The van der Waals surface area contributed by atoms with Crippen LogP contribution in [-0.2, 0) is 4.74 Å². The molecule has 0 aliphatic carbocycles. The molecule has 0 saturated heterocycles. The standard InChI is InChI=1S/C13H15NO5/c1-2-8-19-13(17)14-7-9-18-11-6-4-3-5-10(11)12(15)16/h2-6H,1,7-9H2,(H,14,17)(H,15,16). The fourth-order valence-electron chi connectivity index (χ4n) is 1.27. The Balaban J connectivity index is 2.35. The summed E-state index contributed by atoms with van der Waals surface area (Å²) in [4.78, 5) is 22.0. The van der Waals surface area contributed by atoms with Crippen molar-refractivity contribution in [3.05, 3.63) is 42.5 Å². The van der Waals surface area contributed by atoms with Crippen LogP contribution in [0.4, 0.5) is 4.79 Å². The average Bonchev–Trinajstić information content (AvgIpc) is 2.41. The van der Waals surface area contributed by atoms with Gasteiger partial charge < -0.3 is 19.9 Å². The van der Waals surface area contributed by atoms with Gasteiger partial charge in [-0.2, -0.15) is 0 Å². The number of hydrogen-bond donors (Lipinski definition) is 2. The molecule has 1 amide bonds. The van der Waals surface area contributed by atoms with E-state index >= 15 is 0 Å².